The Balaban J connectivity index is 2.47. The molecular formula is C16H18O5. The third-order valence-corrected chi connectivity index (χ3v) is 4.04. The van der Waals surface area contributed by atoms with E-state index >= 15 is 0 Å². The number of allylic oxidation sites excluding steroid dienone is 1. The van der Waals surface area contributed by atoms with E-state index in [0.717, 1.165) is 31.2 Å². The average Bonchev–Trinajstić information content (AvgIpc) is 2.94. The lowest BCUT2D eigenvalue weighted by Crippen LogP contribution is -2.23. The fourth-order valence-corrected chi connectivity index (χ4v) is 2.94. The van der Waals surface area contributed by atoms with Gasteiger partial charge in [0.25, 0.3) is 0 Å². The molecular weight excluding hydrogens is 272 g/mol. The molecule has 0 saturated heterocycles. The van der Waals surface area contributed by atoms with Crippen LogP contribution in [0.15, 0.2) is 35.9 Å². The Hall–Kier alpha value is -2.30. The predicted octanol–water partition coefficient (Wildman–Crippen LogP) is 2.60. The number of carbonyl (C=O) groups is 2. The molecule has 112 valence electrons. The summed E-state index contributed by atoms with van der Waals surface area (Å²) in [7, 11) is 1.58. The van der Waals surface area contributed by atoms with Gasteiger partial charge in [-0.25, -0.2) is 9.59 Å². The molecule has 1 aromatic rings. The third-order valence-electron chi connectivity index (χ3n) is 4.04. The summed E-state index contributed by atoms with van der Waals surface area (Å²) < 4.78 is 5.12. The number of carboxylic acids is 2. The molecule has 1 aliphatic rings. The summed E-state index contributed by atoms with van der Waals surface area (Å²) >= 11 is 0. The highest BCUT2D eigenvalue weighted by atomic mass is 16.5. The Kier molecular flexibility index (Phi) is 4.31. The summed E-state index contributed by atoms with van der Waals surface area (Å²) in [4.78, 5) is 22.3. The molecule has 2 rings (SSSR count). The van der Waals surface area contributed by atoms with Crippen molar-refractivity contribution in [3.05, 3.63) is 41.5 Å². The van der Waals surface area contributed by atoms with Crippen molar-refractivity contribution in [1.82, 2.24) is 0 Å². The maximum atomic E-state index is 11.1. The number of methoxy groups -OCH3 is 1. The van der Waals surface area contributed by atoms with Crippen molar-refractivity contribution in [1.29, 1.82) is 0 Å². The maximum absolute atomic E-state index is 11.1. The standard InChI is InChI=1S/C16H18O5/c1-21-12-6-4-11(5-7-12)16(8-2-3-9-16)10-13(14(17)18)15(19)20/h4-7,10H,2-3,8-9H2,1H3,(H,17,18)(H,19,20). The van der Waals surface area contributed by atoms with Crippen LogP contribution in [0.25, 0.3) is 0 Å². The van der Waals surface area contributed by atoms with Crippen molar-refractivity contribution in [3.63, 3.8) is 0 Å². The second kappa shape index (κ2) is 5.99. The van der Waals surface area contributed by atoms with Gasteiger partial charge in [0, 0.05) is 5.41 Å². The number of ether oxygens (including phenoxy) is 1. The van der Waals surface area contributed by atoms with Crippen LogP contribution in [-0.4, -0.2) is 29.3 Å². The van der Waals surface area contributed by atoms with Gasteiger partial charge in [0.2, 0.25) is 0 Å². The Morgan fingerprint density at radius 1 is 1.10 bits per heavy atom. The zero-order valence-corrected chi connectivity index (χ0v) is 11.8. The largest absolute Gasteiger partial charge is 0.497 e. The van der Waals surface area contributed by atoms with Crippen LogP contribution in [-0.2, 0) is 15.0 Å². The van der Waals surface area contributed by atoms with Crippen molar-refractivity contribution in [2.45, 2.75) is 31.1 Å². The molecule has 0 spiro atoms. The lowest BCUT2D eigenvalue weighted by molar-refractivity contribution is -0.140. The highest BCUT2D eigenvalue weighted by Gasteiger charge is 2.36. The van der Waals surface area contributed by atoms with Gasteiger partial charge in [-0.3, -0.25) is 0 Å². The van der Waals surface area contributed by atoms with E-state index in [9.17, 15) is 9.59 Å². The van der Waals surface area contributed by atoms with E-state index in [-0.39, 0.29) is 0 Å². The van der Waals surface area contributed by atoms with Crippen molar-refractivity contribution >= 4 is 11.9 Å². The first-order valence-electron chi connectivity index (χ1n) is 6.82. The Morgan fingerprint density at radius 3 is 2.05 bits per heavy atom. The van der Waals surface area contributed by atoms with Crippen LogP contribution in [0.2, 0.25) is 0 Å². The van der Waals surface area contributed by atoms with Crippen molar-refractivity contribution in [3.8, 4) is 5.75 Å². The van der Waals surface area contributed by atoms with Gasteiger partial charge < -0.3 is 14.9 Å². The van der Waals surface area contributed by atoms with E-state index in [1.807, 2.05) is 24.3 Å². The smallest absolute Gasteiger partial charge is 0.342 e. The highest BCUT2D eigenvalue weighted by Crippen LogP contribution is 2.43. The van der Waals surface area contributed by atoms with Gasteiger partial charge in [0.15, 0.2) is 0 Å². The zero-order chi connectivity index (χ0) is 15.5. The molecule has 5 heteroatoms. The fourth-order valence-electron chi connectivity index (χ4n) is 2.94. The van der Waals surface area contributed by atoms with E-state index in [1.54, 1.807) is 7.11 Å². The van der Waals surface area contributed by atoms with Gasteiger partial charge in [-0.1, -0.05) is 31.1 Å². The normalized spacial score (nSPS) is 16.2. The average molecular weight is 290 g/mol. The minimum absolute atomic E-state index is 0.515. The van der Waals surface area contributed by atoms with Gasteiger partial charge in [0.1, 0.15) is 11.3 Å². The molecule has 21 heavy (non-hydrogen) atoms. The molecule has 1 aromatic carbocycles. The number of hydrogen-bond acceptors (Lipinski definition) is 3. The highest BCUT2D eigenvalue weighted by molar-refractivity contribution is 6.12. The minimum Gasteiger partial charge on any atom is -0.497 e. The summed E-state index contributed by atoms with van der Waals surface area (Å²) in [6, 6.07) is 7.37. The summed E-state index contributed by atoms with van der Waals surface area (Å²) in [5.74, 6) is -2.09. The molecule has 0 bridgehead atoms. The number of benzene rings is 1. The minimum atomic E-state index is -1.40. The first-order chi connectivity index (χ1) is 9.98. The molecule has 0 radical (unpaired) electrons. The monoisotopic (exact) mass is 290 g/mol. The molecule has 0 aromatic heterocycles. The van der Waals surface area contributed by atoms with Crippen molar-refractivity contribution < 1.29 is 24.5 Å². The van der Waals surface area contributed by atoms with Crippen molar-refractivity contribution in [2.75, 3.05) is 7.11 Å². The van der Waals surface area contributed by atoms with E-state index in [1.165, 1.54) is 6.08 Å². The number of aliphatic carboxylic acids is 2. The van der Waals surface area contributed by atoms with Crippen molar-refractivity contribution in [2.24, 2.45) is 0 Å². The molecule has 0 atom stereocenters. The van der Waals surface area contributed by atoms with Crippen LogP contribution in [0.3, 0.4) is 0 Å². The van der Waals surface area contributed by atoms with Crippen LogP contribution >= 0.6 is 0 Å². The first-order valence-corrected chi connectivity index (χ1v) is 6.82. The molecule has 1 saturated carbocycles. The van der Waals surface area contributed by atoms with Crippen LogP contribution in [0.5, 0.6) is 5.75 Å². The van der Waals surface area contributed by atoms with E-state index in [2.05, 4.69) is 0 Å². The van der Waals surface area contributed by atoms with E-state index in [4.69, 9.17) is 14.9 Å². The molecule has 2 N–H and O–H groups in total. The van der Waals surface area contributed by atoms with Gasteiger partial charge >= 0.3 is 11.9 Å². The maximum Gasteiger partial charge on any atom is 0.342 e. The second-order valence-corrected chi connectivity index (χ2v) is 5.26. The third kappa shape index (κ3) is 3.07. The Labute approximate surface area is 122 Å². The number of hydrogen-bond donors (Lipinski definition) is 2. The first kappa shape index (κ1) is 15.1. The second-order valence-electron chi connectivity index (χ2n) is 5.26. The fraction of sp³-hybridized carbons (Fsp3) is 0.375. The lowest BCUT2D eigenvalue weighted by atomic mass is 9.77. The van der Waals surface area contributed by atoms with Crippen LogP contribution < -0.4 is 4.74 Å². The van der Waals surface area contributed by atoms with E-state index in [0.29, 0.717) is 5.75 Å². The quantitative estimate of drug-likeness (QED) is 0.494. The lowest BCUT2D eigenvalue weighted by Gasteiger charge is -2.26. The molecule has 0 unspecified atom stereocenters. The summed E-state index contributed by atoms with van der Waals surface area (Å²) in [6.07, 6.45) is 4.82. The molecule has 1 fully saturated rings. The van der Waals surface area contributed by atoms with E-state index < -0.39 is 22.9 Å². The van der Waals surface area contributed by atoms with Gasteiger partial charge in [-0.15, -0.1) is 0 Å². The Morgan fingerprint density at radius 2 is 1.62 bits per heavy atom. The van der Waals surface area contributed by atoms with Crippen LogP contribution in [0, 0.1) is 0 Å². The predicted molar refractivity (Wildman–Crippen MR) is 76.5 cm³/mol. The number of carboxylic acid groups (broad SMARTS) is 2. The van der Waals surface area contributed by atoms with Gasteiger partial charge in [0.05, 0.1) is 7.11 Å². The van der Waals surface area contributed by atoms with Crippen LogP contribution in [0.1, 0.15) is 31.2 Å². The Bertz CT molecular complexity index is 549. The number of rotatable bonds is 5. The molecule has 5 nitrogen and oxygen atoms in total. The summed E-state index contributed by atoms with van der Waals surface area (Å²) in [5.41, 5.74) is -0.146. The molecule has 1 aliphatic carbocycles. The van der Waals surface area contributed by atoms with Crippen LogP contribution in [0.4, 0.5) is 0 Å². The SMILES string of the molecule is COc1ccc(C2(C=C(C(=O)O)C(=O)O)CCCC2)cc1. The molecule has 0 aliphatic heterocycles. The van der Waals surface area contributed by atoms with Gasteiger partial charge in [-0.05, 0) is 30.5 Å². The molecule has 0 heterocycles. The summed E-state index contributed by atoms with van der Waals surface area (Å²) in [6.45, 7) is 0. The topological polar surface area (TPSA) is 83.8 Å². The zero-order valence-electron chi connectivity index (χ0n) is 11.8. The summed E-state index contributed by atoms with van der Waals surface area (Å²) in [5, 5.41) is 18.2. The molecule has 0 amide bonds. The van der Waals surface area contributed by atoms with Gasteiger partial charge in [-0.2, -0.15) is 0 Å².